The van der Waals surface area contributed by atoms with Crippen molar-refractivity contribution in [3.8, 4) is 0 Å². The van der Waals surface area contributed by atoms with Crippen molar-refractivity contribution in [3.63, 3.8) is 0 Å². The van der Waals surface area contributed by atoms with Gasteiger partial charge in [0.2, 0.25) is 0 Å². The van der Waals surface area contributed by atoms with Crippen molar-refractivity contribution < 1.29 is 14.3 Å². The summed E-state index contributed by atoms with van der Waals surface area (Å²) in [6, 6.07) is 6.71. The van der Waals surface area contributed by atoms with Crippen LogP contribution in [0.25, 0.3) is 0 Å². The maximum atomic E-state index is 12.6. The van der Waals surface area contributed by atoms with Crippen LogP contribution in [0, 0.1) is 0 Å². The number of methoxy groups -OCH3 is 1. The molecule has 0 saturated carbocycles. The zero-order chi connectivity index (χ0) is 18.2. The van der Waals surface area contributed by atoms with Crippen LogP contribution in [0.2, 0.25) is 0 Å². The second-order valence-corrected chi connectivity index (χ2v) is 8.20. The molecule has 5 nitrogen and oxygen atoms in total. The Kier molecular flexibility index (Phi) is 4.96. The van der Waals surface area contributed by atoms with Gasteiger partial charge in [-0.15, -0.1) is 0 Å². The number of rotatable bonds is 2. The molecule has 1 aromatic carbocycles. The third-order valence-corrected chi connectivity index (χ3v) is 4.99. The van der Waals surface area contributed by atoms with Crippen molar-refractivity contribution in [3.05, 3.63) is 29.3 Å². The van der Waals surface area contributed by atoms with Gasteiger partial charge in [0, 0.05) is 37.8 Å². The van der Waals surface area contributed by atoms with E-state index in [0.717, 1.165) is 19.6 Å². The predicted octanol–water partition coefficient (Wildman–Crippen LogP) is 3.77. The van der Waals surface area contributed by atoms with E-state index >= 15 is 0 Å². The van der Waals surface area contributed by atoms with Crippen LogP contribution in [-0.4, -0.2) is 49.4 Å². The van der Waals surface area contributed by atoms with E-state index in [1.807, 2.05) is 25.7 Å². The molecule has 0 aromatic heterocycles. The molecule has 2 heterocycles. The van der Waals surface area contributed by atoms with Crippen molar-refractivity contribution in [2.24, 2.45) is 0 Å². The standard InChI is InChI=1S/C20H30N2O3/c1-14-11-21(19(23)25-20(2,3)4)12-15-7-6-8-17-16(13-24-5)9-10-22(14)18(15)17/h6-8,14,16H,9-13H2,1-5H3. The largest absolute Gasteiger partial charge is 0.444 e. The molecule has 25 heavy (non-hydrogen) atoms. The van der Waals surface area contributed by atoms with Crippen LogP contribution in [0.5, 0.6) is 0 Å². The van der Waals surface area contributed by atoms with Crippen molar-refractivity contribution in [1.29, 1.82) is 0 Å². The van der Waals surface area contributed by atoms with Crippen LogP contribution in [-0.2, 0) is 16.0 Å². The molecule has 2 unspecified atom stereocenters. The highest BCUT2D eigenvalue weighted by Gasteiger charge is 2.35. The molecule has 2 aliphatic heterocycles. The third kappa shape index (κ3) is 3.76. The predicted molar refractivity (Wildman–Crippen MR) is 99.1 cm³/mol. The first-order chi connectivity index (χ1) is 11.8. The van der Waals surface area contributed by atoms with E-state index in [2.05, 4.69) is 30.0 Å². The molecular weight excluding hydrogens is 316 g/mol. The van der Waals surface area contributed by atoms with E-state index in [4.69, 9.17) is 9.47 Å². The summed E-state index contributed by atoms with van der Waals surface area (Å²) < 4.78 is 11.1. The van der Waals surface area contributed by atoms with Gasteiger partial charge in [0.1, 0.15) is 5.60 Å². The fourth-order valence-corrected chi connectivity index (χ4v) is 3.95. The van der Waals surface area contributed by atoms with Crippen LogP contribution in [0.4, 0.5) is 10.5 Å². The lowest BCUT2D eigenvalue weighted by Crippen LogP contribution is -2.45. The first-order valence-electron chi connectivity index (χ1n) is 9.15. The molecule has 2 atom stereocenters. The highest BCUT2D eigenvalue weighted by molar-refractivity contribution is 5.71. The molecule has 0 fully saturated rings. The van der Waals surface area contributed by atoms with E-state index in [9.17, 15) is 4.79 Å². The maximum absolute atomic E-state index is 12.6. The lowest BCUT2D eigenvalue weighted by molar-refractivity contribution is 0.0229. The number of hydrogen-bond donors (Lipinski definition) is 0. The molecule has 1 amide bonds. The zero-order valence-corrected chi connectivity index (χ0v) is 16.0. The van der Waals surface area contributed by atoms with Crippen molar-refractivity contribution >= 4 is 11.8 Å². The Morgan fingerprint density at radius 3 is 2.76 bits per heavy atom. The van der Waals surface area contributed by atoms with Gasteiger partial charge >= 0.3 is 6.09 Å². The normalized spacial score (nSPS) is 23.1. The van der Waals surface area contributed by atoms with E-state index < -0.39 is 5.60 Å². The number of benzene rings is 1. The van der Waals surface area contributed by atoms with Gasteiger partial charge in [0.05, 0.1) is 13.2 Å². The maximum Gasteiger partial charge on any atom is 0.410 e. The fraction of sp³-hybridized carbons (Fsp3) is 0.650. The Hall–Kier alpha value is -1.75. The second-order valence-electron chi connectivity index (χ2n) is 8.20. The minimum atomic E-state index is -0.478. The number of nitrogens with zero attached hydrogens (tertiary/aromatic N) is 2. The number of anilines is 1. The van der Waals surface area contributed by atoms with Crippen LogP contribution >= 0.6 is 0 Å². The van der Waals surface area contributed by atoms with E-state index in [1.165, 1.54) is 16.8 Å². The molecule has 0 spiro atoms. The smallest absolute Gasteiger partial charge is 0.410 e. The summed E-state index contributed by atoms with van der Waals surface area (Å²) in [6.45, 7) is 10.9. The summed E-state index contributed by atoms with van der Waals surface area (Å²) in [5, 5.41) is 0. The highest BCUT2D eigenvalue weighted by Crippen LogP contribution is 2.41. The Balaban J connectivity index is 1.94. The third-order valence-electron chi connectivity index (χ3n) is 4.99. The summed E-state index contributed by atoms with van der Waals surface area (Å²) in [7, 11) is 1.76. The highest BCUT2D eigenvalue weighted by atomic mass is 16.6. The molecule has 0 N–H and O–H groups in total. The van der Waals surface area contributed by atoms with Gasteiger partial charge in [-0.2, -0.15) is 0 Å². The monoisotopic (exact) mass is 346 g/mol. The summed E-state index contributed by atoms with van der Waals surface area (Å²) in [4.78, 5) is 17.0. The summed E-state index contributed by atoms with van der Waals surface area (Å²) >= 11 is 0. The molecule has 0 radical (unpaired) electrons. The first-order valence-corrected chi connectivity index (χ1v) is 9.15. The number of para-hydroxylation sites is 1. The molecule has 5 heteroatoms. The Morgan fingerprint density at radius 1 is 1.32 bits per heavy atom. The number of hydrogen-bond acceptors (Lipinski definition) is 4. The first kappa shape index (κ1) is 18.1. The second kappa shape index (κ2) is 6.87. The van der Waals surface area contributed by atoms with Crippen LogP contribution < -0.4 is 4.90 Å². The summed E-state index contributed by atoms with van der Waals surface area (Å²) in [6.07, 6.45) is 0.853. The Morgan fingerprint density at radius 2 is 2.08 bits per heavy atom. The Bertz CT molecular complexity index is 638. The van der Waals surface area contributed by atoms with Gasteiger partial charge in [-0.1, -0.05) is 18.2 Å². The SMILES string of the molecule is COCC1CCN2c3c(cccc31)CN(C(=O)OC(C)(C)C)CC2C. The molecule has 138 valence electrons. The minimum Gasteiger partial charge on any atom is -0.444 e. The van der Waals surface area contributed by atoms with Crippen LogP contribution in [0.3, 0.4) is 0 Å². The number of carbonyl (C=O) groups is 1. The topological polar surface area (TPSA) is 42.0 Å². The zero-order valence-electron chi connectivity index (χ0n) is 16.0. The number of carbonyl (C=O) groups excluding carboxylic acids is 1. The molecule has 1 aromatic rings. The lowest BCUT2D eigenvalue weighted by Gasteiger charge is -2.39. The van der Waals surface area contributed by atoms with Crippen molar-refractivity contribution in [1.82, 2.24) is 4.90 Å². The number of ether oxygens (including phenoxy) is 2. The number of amides is 1. The summed E-state index contributed by atoms with van der Waals surface area (Å²) in [5.41, 5.74) is 3.38. The van der Waals surface area contributed by atoms with E-state index in [-0.39, 0.29) is 12.1 Å². The van der Waals surface area contributed by atoms with Gasteiger partial charge < -0.3 is 19.3 Å². The average Bonchev–Trinajstić information content (AvgIpc) is 2.67. The van der Waals surface area contributed by atoms with Crippen LogP contribution in [0.1, 0.15) is 51.2 Å². The van der Waals surface area contributed by atoms with Gasteiger partial charge in [0.25, 0.3) is 0 Å². The Labute approximate surface area is 150 Å². The summed E-state index contributed by atoms with van der Waals surface area (Å²) in [5.74, 6) is 0.427. The van der Waals surface area contributed by atoms with Crippen molar-refractivity contribution in [2.75, 3.05) is 31.7 Å². The van der Waals surface area contributed by atoms with Gasteiger partial charge in [0.15, 0.2) is 0 Å². The minimum absolute atomic E-state index is 0.231. The van der Waals surface area contributed by atoms with Crippen LogP contribution in [0.15, 0.2) is 18.2 Å². The molecular formula is C20H30N2O3. The average molecular weight is 346 g/mol. The van der Waals surface area contributed by atoms with Gasteiger partial charge in [-0.05, 0) is 45.2 Å². The lowest BCUT2D eigenvalue weighted by atomic mass is 9.88. The quantitative estimate of drug-likeness (QED) is 0.817. The fourth-order valence-electron chi connectivity index (χ4n) is 3.95. The molecule has 3 rings (SSSR count). The van der Waals surface area contributed by atoms with Crippen molar-refractivity contribution in [2.45, 2.75) is 58.2 Å². The van der Waals surface area contributed by atoms with Gasteiger partial charge in [-0.3, -0.25) is 0 Å². The molecule has 0 saturated heterocycles. The molecule has 2 aliphatic rings. The molecule has 0 bridgehead atoms. The van der Waals surface area contributed by atoms with E-state index in [1.54, 1.807) is 7.11 Å². The molecule has 0 aliphatic carbocycles. The van der Waals surface area contributed by atoms with Gasteiger partial charge in [-0.25, -0.2) is 4.79 Å². The van der Waals surface area contributed by atoms with E-state index in [0.29, 0.717) is 19.0 Å².